The van der Waals surface area contributed by atoms with Crippen molar-refractivity contribution in [2.75, 3.05) is 25.5 Å². The number of hydroxylamine groups is 1. The third-order valence-electron chi connectivity index (χ3n) is 7.74. The first kappa shape index (κ1) is 34.0. The van der Waals surface area contributed by atoms with Crippen LogP contribution in [0.25, 0.3) is 0 Å². The van der Waals surface area contributed by atoms with Crippen molar-refractivity contribution >= 4 is 17.5 Å². The van der Waals surface area contributed by atoms with Crippen molar-refractivity contribution < 1.29 is 39.6 Å². The molecule has 1 heterocycles. The standard InChI is InChI=1S/C34H43N3O8/c1-37(21-30(40)25-7-6-10-28(39)18-25)20-29-19-31(24-15-13-23(22-38)14-16-24)45-34(44-29)26-8-5-9-27(17-26)35-32(41)11-3-2-4-12-33(42)36-43/h5-10,13-18,29-31,34,38-40,43H,2-4,11-12,19-22H2,1H3,(H,35,41)(H,36,42)/t29-,30+,31+,34+/m0/s1. The molecule has 0 bridgehead atoms. The number of rotatable bonds is 15. The second-order valence-electron chi connectivity index (χ2n) is 11.5. The van der Waals surface area contributed by atoms with Gasteiger partial charge in [0.25, 0.3) is 0 Å². The van der Waals surface area contributed by atoms with Crippen molar-refractivity contribution in [2.45, 2.75) is 69.7 Å². The van der Waals surface area contributed by atoms with Crippen LogP contribution in [0.4, 0.5) is 5.69 Å². The highest BCUT2D eigenvalue weighted by atomic mass is 16.7. The molecule has 0 aromatic heterocycles. The molecule has 45 heavy (non-hydrogen) atoms. The van der Waals surface area contributed by atoms with E-state index in [-0.39, 0.29) is 36.9 Å². The number of aliphatic hydroxyl groups is 2. The zero-order valence-corrected chi connectivity index (χ0v) is 25.5. The summed E-state index contributed by atoms with van der Waals surface area (Å²) in [5.74, 6) is -0.480. The molecule has 0 radical (unpaired) electrons. The Balaban J connectivity index is 1.42. The Kier molecular flexibility index (Phi) is 12.9. The summed E-state index contributed by atoms with van der Waals surface area (Å²) in [7, 11) is 1.91. The van der Waals surface area contributed by atoms with E-state index in [0.717, 1.165) is 16.7 Å². The smallest absolute Gasteiger partial charge is 0.243 e. The lowest BCUT2D eigenvalue weighted by Crippen LogP contribution is -2.39. The Hall–Kier alpha value is -3.84. The molecule has 0 aliphatic carbocycles. The molecule has 11 nitrogen and oxygen atoms in total. The summed E-state index contributed by atoms with van der Waals surface area (Å²) in [6.07, 6.45) is 0.912. The van der Waals surface area contributed by atoms with Crippen LogP contribution in [0, 0.1) is 0 Å². The summed E-state index contributed by atoms with van der Waals surface area (Å²) in [5.41, 5.74) is 5.34. The Bertz CT molecular complexity index is 1390. The van der Waals surface area contributed by atoms with Crippen molar-refractivity contribution in [1.82, 2.24) is 10.4 Å². The molecule has 2 amide bonds. The molecule has 1 aliphatic heterocycles. The van der Waals surface area contributed by atoms with Gasteiger partial charge < -0.3 is 35.0 Å². The lowest BCUT2D eigenvalue weighted by molar-refractivity contribution is -0.252. The number of aliphatic hydroxyl groups excluding tert-OH is 2. The Morgan fingerprint density at radius 3 is 2.38 bits per heavy atom. The number of anilines is 1. The number of phenolic OH excluding ortho intramolecular Hbond substituents is 1. The summed E-state index contributed by atoms with van der Waals surface area (Å²) in [6, 6.07) is 21.6. The number of hydrogen-bond acceptors (Lipinski definition) is 9. The zero-order chi connectivity index (χ0) is 32.2. The number of hydrogen-bond donors (Lipinski definition) is 6. The van der Waals surface area contributed by atoms with Gasteiger partial charge in [0.2, 0.25) is 11.8 Å². The maximum absolute atomic E-state index is 12.6. The van der Waals surface area contributed by atoms with Crippen LogP contribution < -0.4 is 10.8 Å². The van der Waals surface area contributed by atoms with E-state index in [4.69, 9.17) is 14.7 Å². The Labute approximate surface area is 263 Å². The topological polar surface area (TPSA) is 161 Å². The Morgan fingerprint density at radius 2 is 1.67 bits per heavy atom. The van der Waals surface area contributed by atoms with Gasteiger partial charge in [0.15, 0.2) is 6.29 Å². The molecule has 4 atom stereocenters. The second kappa shape index (κ2) is 17.0. The summed E-state index contributed by atoms with van der Waals surface area (Å²) >= 11 is 0. The van der Waals surface area contributed by atoms with E-state index in [1.807, 2.05) is 54.4 Å². The van der Waals surface area contributed by atoms with Crippen molar-refractivity contribution in [3.63, 3.8) is 0 Å². The van der Waals surface area contributed by atoms with E-state index in [1.165, 1.54) is 0 Å². The van der Waals surface area contributed by atoms with E-state index in [2.05, 4.69) is 5.32 Å². The number of benzene rings is 3. The first-order chi connectivity index (χ1) is 21.7. The number of amides is 2. The number of nitrogens with one attached hydrogen (secondary N) is 2. The van der Waals surface area contributed by atoms with Crippen LogP contribution in [0.3, 0.4) is 0 Å². The van der Waals surface area contributed by atoms with Crippen LogP contribution in [-0.4, -0.2) is 63.5 Å². The molecule has 1 saturated heterocycles. The van der Waals surface area contributed by atoms with E-state index >= 15 is 0 Å². The number of nitrogens with zero attached hydrogens (tertiary/aromatic N) is 1. The number of likely N-dealkylation sites (N-methyl/N-ethyl adjacent to an activating group) is 1. The van der Waals surface area contributed by atoms with E-state index in [9.17, 15) is 24.9 Å². The van der Waals surface area contributed by atoms with Crippen molar-refractivity contribution in [3.8, 4) is 5.75 Å². The fraction of sp³-hybridized carbons (Fsp3) is 0.412. The second-order valence-corrected chi connectivity index (χ2v) is 11.5. The molecule has 0 spiro atoms. The van der Waals surface area contributed by atoms with Gasteiger partial charge in [0.05, 0.1) is 24.9 Å². The van der Waals surface area contributed by atoms with Crippen LogP contribution in [-0.2, 0) is 25.7 Å². The number of aromatic hydroxyl groups is 1. The third-order valence-corrected chi connectivity index (χ3v) is 7.74. The quantitative estimate of drug-likeness (QED) is 0.0816. The van der Waals surface area contributed by atoms with Crippen LogP contribution in [0.2, 0.25) is 0 Å². The number of phenols is 1. The predicted octanol–water partition coefficient (Wildman–Crippen LogP) is 4.49. The number of ether oxygens (including phenoxy) is 2. The van der Waals surface area contributed by atoms with Crippen molar-refractivity contribution in [1.29, 1.82) is 0 Å². The van der Waals surface area contributed by atoms with Gasteiger partial charge in [-0.25, -0.2) is 5.48 Å². The molecular weight excluding hydrogens is 578 g/mol. The van der Waals surface area contributed by atoms with Gasteiger partial charge in [-0.3, -0.25) is 14.8 Å². The average Bonchev–Trinajstić information content (AvgIpc) is 3.04. The monoisotopic (exact) mass is 621 g/mol. The first-order valence-corrected chi connectivity index (χ1v) is 15.2. The van der Waals surface area contributed by atoms with Gasteiger partial charge in [-0.2, -0.15) is 0 Å². The lowest BCUT2D eigenvalue weighted by Gasteiger charge is -2.38. The summed E-state index contributed by atoms with van der Waals surface area (Å²) in [5, 5.41) is 41.6. The highest BCUT2D eigenvalue weighted by molar-refractivity contribution is 5.90. The zero-order valence-electron chi connectivity index (χ0n) is 25.5. The number of unbranched alkanes of at least 4 members (excludes halogenated alkanes) is 2. The van der Waals surface area contributed by atoms with E-state index < -0.39 is 18.3 Å². The highest BCUT2D eigenvalue weighted by Gasteiger charge is 2.33. The van der Waals surface area contributed by atoms with Gasteiger partial charge in [-0.15, -0.1) is 0 Å². The molecule has 0 saturated carbocycles. The molecule has 1 aliphatic rings. The number of carbonyl (C=O) groups is 2. The van der Waals surface area contributed by atoms with Crippen molar-refractivity contribution in [3.05, 3.63) is 95.1 Å². The van der Waals surface area contributed by atoms with Gasteiger partial charge in [-0.05, 0) is 60.8 Å². The maximum Gasteiger partial charge on any atom is 0.243 e. The van der Waals surface area contributed by atoms with Gasteiger partial charge in [-0.1, -0.05) is 55.0 Å². The lowest BCUT2D eigenvalue weighted by atomic mass is 9.99. The van der Waals surface area contributed by atoms with Crippen LogP contribution >= 0.6 is 0 Å². The predicted molar refractivity (Wildman–Crippen MR) is 167 cm³/mol. The summed E-state index contributed by atoms with van der Waals surface area (Å²) in [4.78, 5) is 25.7. The highest BCUT2D eigenvalue weighted by Crippen LogP contribution is 2.38. The SMILES string of the molecule is CN(C[C@@H]1C[C@H](c2ccc(CO)cc2)O[C@H](c2cccc(NC(=O)CCCCCC(=O)NO)c2)O1)C[C@@H](O)c1cccc(O)c1. The normalized spacial score (nSPS) is 18.8. The fourth-order valence-corrected chi connectivity index (χ4v) is 5.38. The molecule has 4 rings (SSSR count). The van der Waals surface area contributed by atoms with Crippen molar-refractivity contribution in [2.24, 2.45) is 0 Å². The summed E-state index contributed by atoms with van der Waals surface area (Å²) < 4.78 is 12.9. The molecule has 3 aromatic carbocycles. The molecule has 242 valence electrons. The fourth-order valence-electron chi connectivity index (χ4n) is 5.38. The molecular formula is C34H43N3O8. The van der Waals surface area contributed by atoms with Gasteiger partial charge in [0.1, 0.15) is 5.75 Å². The average molecular weight is 622 g/mol. The summed E-state index contributed by atoms with van der Waals surface area (Å²) in [6.45, 7) is 0.796. The largest absolute Gasteiger partial charge is 0.508 e. The first-order valence-electron chi connectivity index (χ1n) is 15.2. The number of carbonyl (C=O) groups excluding carboxylic acids is 2. The molecule has 3 aromatic rings. The van der Waals surface area contributed by atoms with Crippen LogP contribution in [0.15, 0.2) is 72.8 Å². The van der Waals surface area contributed by atoms with Crippen LogP contribution in [0.5, 0.6) is 5.75 Å². The molecule has 11 heteroatoms. The minimum Gasteiger partial charge on any atom is -0.508 e. The third kappa shape index (κ3) is 10.6. The minimum absolute atomic E-state index is 0.0497. The molecule has 0 unspecified atom stereocenters. The molecule has 6 N–H and O–H groups in total. The minimum atomic E-state index is -0.792. The maximum atomic E-state index is 12.6. The Morgan fingerprint density at radius 1 is 0.933 bits per heavy atom. The van der Waals surface area contributed by atoms with Gasteiger partial charge in [0, 0.05) is 43.6 Å². The van der Waals surface area contributed by atoms with Crippen LogP contribution in [0.1, 0.15) is 79.3 Å². The van der Waals surface area contributed by atoms with E-state index in [1.54, 1.807) is 35.8 Å². The molecule has 1 fully saturated rings. The van der Waals surface area contributed by atoms with E-state index in [0.29, 0.717) is 56.4 Å². The van der Waals surface area contributed by atoms with Gasteiger partial charge >= 0.3 is 0 Å².